The number of nitrogens with two attached hydrogens (primary N) is 1. The van der Waals surface area contributed by atoms with Crippen molar-refractivity contribution in [3.8, 4) is 0 Å². The van der Waals surface area contributed by atoms with Gasteiger partial charge in [-0.3, -0.25) is 0 Å². The molecule has 0 bridgehead atoms. The molecule has 1 aromatic carbocycles. The summed E-state index contributed by atoms with van der Waals surface area (Å²) in [7, 11) is 0. The molecule has 1 atom stereocenters. The second kappa shape index (κ2) is 4.31. The molecule has 1 aromatic rings. The summed E-state index contributed by atoms with van der Waals surface area (Å²) in [5, 5.41) is 0. The van der Waals surface area contributed by atoms with Gasteiger partial charge in [0.05, 0.1) is 19.3 Å². The van der Waals surface area contributed by atoms with Crippen molar-refractivity contribution in [3.05, 3.63) is 35.9 Å². The molecule has 4 heteroatoms. The molecule has 2 rings (SSSR count). The summed E-state index contributed by atoms with van der Waals surface area (Å²) in [5.74, 6) is 0. The molecule has 0 radical (unpaired) electrons. The molecule has 80 valence electrons. The summed E-state index contributed by atoms with van der Waals surface area (Å²) in [6, 6.07) is 9.38. The van der Waals surface area contributed by atoms with Gasteiger partial charge in [-0.05, 0) is 5.56 Å². The zero-order chi connectivity index (χ0) is 10.7. The van der Waals surface area contributed by atoms with E-state index < -0.39 is 0 Å². The summed E-state index contributed by atoms with van der Waals surface area (Å²) in [5.41, 5.74) is 6.39. The Kier molecular flexibility index (Phi) is 2.87. The highest BCUT2D eigenvalue weighted by Gasteiger charge is 2.26. The topological polar surface area (TPSA) is 55.6 Å². The molecule has 0 aliphatic carbocycles. The molecule has 2 amide bonds. The number of nitrogens with zero attached hydrogens (tertiary/aromatic N) is 1. The van der Waals surface area contributed by atoms with Crippen molar-refractivity contribution in [3.63, 3.8) is 0 Å². The lowest BCUT2D eigenvalue weighted by molar-refractivity contribution is 0.0137. The third-order valence-electron chi connectivity index (χ3n) is 2.60. The zero-order valence-electron chi connectivity index (χ0n) is 8.43. The number of carbonyl (C=O) groups excluding carboxylic acids is 1. The van der Waals surface area contributed by atoms with E-state index in [0.717, 1.165) is 5.56 Å². The van der Waals surface area contributed by atoms with Crippen molar-refractivity contribution >= 4 is 6.03 Å². The molecule has 1 aliphatic heterocycles. The summed E-state index contributed by atoms with van der Waals surface area (Å²) in [6.45, 7) is 1.65. The van der Waals surface area contributed by atoms with E-state index in [1.807, 2.05) is 30.3 Å². The van der Waals surface area contributed by atoms with Crippen LogP contribution in [0, 0.1) is 0 Å². The lowest BCUT2D eigenvalue weighted by Crippen LogP contribution is -2.45. The highest BCUT2D eigenvalue weighted by molar-refractivity contribution is 5.72. The van der Waals surface area contributed by atoms with Crippen LogP contribution in [0.25, 0.3) is 0 Å². The first-order valence-corrected chi connectivity index (χ1v) is 4.98. The Morgan fingerprint density at radius 3 is 2.80 bits per heavy atom. The minimum Gasteiger partial charge on any atom is -0.377 e. The summed E-state index contributed by atoms with van der Waals surface area (Å²) in [6.07, 6.45) is 0. The average Bonchev–Trinajstić information content (AvgIpc) is 2.30. The van der Waals surface area contributed by atoms with E-state index in [-0.39, 0.29) is 12.1 Å². The van der Waals surface area contributed by atoms with Gasteiger partial charge in [0.15, 0.2) is 0 Å². The third-order valence-corrected chi connectivity index (χ3v) is 2.60. The van der Waals surface area contributed by atoms with Crippen LogP contribution in [-0.4, -0.2) is 30.7 Å². The van der Waals surface area contributed by atoms with Crippen LogP contribution >= 0.6 is 0 Å². The number of hydrogen-bond donors (Lipinski definition) is 1. The van der Waals surface area contributed by atoms with Crippen LogP contribution in [0.3, 0.4) is 0 Å². The molecule has 1 heterocycles. The Morgan fingerprint density at radius 1 is 1.40 bits per heavy atom. The van der Waals surface area contributed by atoms with Crippen LogP contribution in [0.15, 0.2) is 30.3 Å². The smallest absolute Gasteiger partial charge is 0.315 e. The van der Waals surface area contributed by atoms with Crippen LogP contribution in [0.5, 0.6) is 0 Å². The standard InChI is InChI=1S/C11H14N2O2/c12-11(14)13-6-7-15-8-10(13)9-4-2-1-3-5-9/h1-5,10H,6-8H2,(H2,12,14). The molecule has 4 nitrogen and oxygen atoms in total. The Labute approximate surface area is 88.6 Å². The molecule has 1 unspecified atom stereocenters. The first-order chi connectivity index (χ1) is 7.29. The molecule has 0 aromatic heterocycles. The number of hydrogen-bond acceptors (Lipinski definition) is 2. The van der Waals surface area contributed by atoms with E-state index in [9.17, 15) is 4.79 Å². The van der Waals surface area contributed by atoms with Gasteiger partial charge in [-0.15, -0.1) is 0 Å². The predicted molar refractivity (Wildman–Crippen MR) is 56.3 cm³/mol. The van der Waals surface area contributed by atoms with Crippen molar-refractivity contribution < 1.29 is 9.53 Å². The lowest BCUT2D eigenvalue weighted by atomic mass is 10.1. The van der Waals surface area contributed by atoms with E-state index in [4.69, 9.17) is 10.5 Å². The van der Waals surface area contributed by atoms with Gasteiger partial charge in [0.25, 0.3) is 0 Å². The maximum Gasteiger partial charge on any atom is 0.315 e. The van der Waals surface area contributed by atoms with E-state index >= 15 is 0 Å². The number of rotatable bonds is 1. The third kappa shape index (κ3) is 2.10. The summed E-state index contributed by atoms with van der Waals surface area (Å²) in [4.78, 5) is 12.9. The van der Waals surface area contributed by atoms with E-state index in [1.165, 1.54) is 0 Å². The fraction of sp³-hybridized carbons (Fsp3) is 0.364. The average molecular weight is 206 g/mol. The maximum atomic E-state index is 11.2. The van der Waals surface area contributed by atoms with Gasteiger partial charge >= 0.3 is 6.03 Å². The van der Waals surface area contributed by atoms with E-state index in [0.29, 0.717) is 19.8 Å². The largest absolute Gasteiger partial charge is 0.377 e. The molecule has 1 saturated heterocycles. The molecule has 15 heavy (non-hydrogen) atoms. The van der Waals surface area contributed by atoms with Gasteiger partial charge < -0.3 is 15.4 Å². The highest BCUT2D eigenvalue weighted by atomic mass is 16.5. The molecular weight excluding hydrogens is 192 g/mol. The van der Waals surface area contributed by atoms with Gasteiger partial charge in [0.2, 0.25) is 0 Å². The molecule has 0 saturated carbocycles. The minimum atomic E-state index is -0.382. The van der Waals surface area contributed by atoms with Crippen LogP contribution in [0.4, 0.5) is 4.79 Å². The molecular formula is C11H14N2O2. The summed E-state index contributed by atoms with van der Waals surface area (Å²) >= 11 is 0. The van der Waals surface area contributed by atoms with E-state index in [2.05, 4.69) is 0 Å². The zero-order valence-corrected chi connectivity index (χ0v) is 8.43. The van der Waals surface area contributed by atoms with Gasteiger partial charge in [0, 0.05) is 6.54 Å². The Balaban J connectivity index is 2.22. The number of ether oxygens (including phenoxy) is 1. The SMILES string of the molecule is NC(=O)N1CCOCC1c1ccccc1. The second-order valence-corrected chi connectivity index (χ2v) is 3.53. The van der Waals surface area contributed by atoms with Crippen LogP contribution in [0.1, 0.15) is 11.6 Å². The number of benzene rings is 1. The minimum absolute atomic E-state index is 0.0440. The Morgan fingerprint density at radius 2 is 2.13 bits per heavy atom. The van der Waals surface area contributed by atoms with Gasteiger partial charge in [0.1, 0.15) is 0 Å². The van der Waals surface area contributed by atoms with Crippen molar-refractivity contribution in [1.29, 1.82) is 0 Å². The Hall–Kier alpha value is -1.55. The fourth-order valence-corrected chi connectivity index (χ4v) is 1.82. The van der Waals surface area contributed by atoms with Crippen molar-refractivity contribution in [1.82, 2.24) is 4.90 Å². The number of carbonyl (C=O) groups is 1. The first kappa shape index (κ1) is 9.98. The fourth-order valence-electron chi connectivity index (χ4n) is 1.82. The van der Waals surface area contributed by atoms with Crippen molar-refractivity contribution in [2.75, 3.05) is 19.8 Å². The van der Waals surface area contributed by atoms with Crippen molar-refractivity contribution in [2.24, 2.45) is 5.73 Å². The Bertz CT molecular complexity index is 340. The number of primary amides is 1. The first-order valence-electron chi connectivity index (χ1n) is 4.98. The van der Waals surface area contributed by atoms with Gasteiger partial charge in [-0.2, -0.15) is 0 Å². The number of urea groups is 1. The normalized spacial score (nSPS) is 21.3. The van der Waals surface area contributed by atoms with Crippen LogP contribution in [0.2, 0.25) is 0 Å². The molecule has 0 spiro atoms. The van der Waals surface area contributed by atoms with Gasteiger partial charge in [-0.1, -0.05) is 30.3 Å². The van der Waals surface area contributed by atoms with Crippen LogP contribution in [-0.2, 0) is 4.74 Å². The highest BCUT2D eigenvalue weighted by Crippen LogP contribution is 2.23. The predicted octanol–water partition coefficient (Wildman–Crippen LogP) is 1.14. The van der Waals surface area contributed by atoms with Gasteiger partial charge in [-0.25, -0.2) is 4.79 Å². The molecule has 1 fully saturated rings. The lowest BCUT2D eigenvalue weighted by Gasteiger charge is -2.34. The monoisotopic (exact) mass is 206 g/mol. The van der Waals surface area contributed by atoms with Crippen LogP contribution < -0.4 is 5.73 Å². The van der Waals surface area contributed by atoms with Crippen molar-refractivity contribution in [2.45, 2.75) is 6.04 Å². The maximum absolute atomic E-state index is 11.2. The second-order valence-electron chi connectivity index (χ2n) is 3.53. The summed E-state index contributed by atoms with van der Waals surface area (Å²) < 4.78 is 5.37. The quantitative estimate of drug-likeness (QED) is 0.749. The number of morpholine rings is 1. The van der Waals surface area contributed by atoms with E-state index in [1.54, 1.807) is 4.90 Å². The molecule has 1 aliphatic rings. The molecule has 2 N–H and O–H groups in total. The number of amides is 2.